The summed E-state index contributed by atoms with van der Waals surface area (Å²) in [5, 5.41) is 9.84. The molecule has 5 nitrogen and oxygen atoms in total. The molecule has 0 aromatic carbocycles. The van der Waals surface area contributed by atoms with E-state index >= 15 is 0 Å². The molecule has 2 heterocycles. The normalized spacial score (nSPS) is 14.6. The Morgan fingerprint density at radius 2 is 2.20 bits per heavy atom. The molecule has 0 saturated heterocycles. The molecule has 2 N–H and O–H groups in total. The lowest BCUT2D eigenvalue weighted by Crippen LogP contribution is -2.12. The fourth-order valence-corrected chi connectivity index (χ4v) is 2.08. The van der Waals surface area contributed by atoms with Crippen LogP contribution in [0.5, 0.6) is 0 Å². The minimum Gasteiger partial charge on any atom is -0.305 e. The van der Waals surface area contributed by atoms with E-state index in [0.717, 1.165) is 11.4 Å². The molecule has 0 unspecified atom stereocenters. The molecule has 0 atom stereocenters. The molecule has 2 aromatic rings. The maximum absolute atomic E-state index is 12.2. The van der Waals surface area contributed by atoms with Crippen molar-refractivity contribution in [2.24, 2.45) is 0 Å². The Kier molecular flexibility index (Phi) is 3.26. The van der Waals surface area contributed by atoms with Gasteiger partial charge in [-0.05, 0) is 30.9 Å². The van der Waals surface area contributed by atoms with Crippen molar-refractivity contribution in [1.29, 1.82) is 0 Å². The zero-order valence-corrected chi connectivity index (χ0v) is 11.7. The molecule has 1 fully saturated rings. The van der Waals surface area contributed by atoms with Crippen molar-refractivity contribution in [3.8, 4) is 0 Å². The molecule has 104 valence electrons. The van der Waals surface area contributed by atoms with Crippen LogP contribution in [0, 0.1) is 0 Å². The summed E-state index contributed by atoms with van der Waals surface area (Å²) < 4.78 is 0. The third-order valence-corrected chi connectivity index (χ3v) is 3.50. The molecule has 5 heteroatoms. The maximum atomic E-state index is 12.2. The standard InChI is InChI=1S/C15H18N4O/c1-9(2)12-8-14(19-18-12)17-15(20)11-5-6-16-13(7-11)10-3-4-10/h5-10H,3-4H2,1-2H3,(H2,17,18,19,20). The van der Waals surface area contributed by atoms with Crippen molar-refractivity contribution < 1.29 is 4.79 Å². The highest BCUT2D eigenvalue weighted by molar-refractivity contribution is 6.03. The number of nitrogens with one attached hydrogen (secondary N) is 2. The summed E-state index contributed by atoms with van der Waals surface area (Å²) in [6, 6.07) is 5.48. The van der Waals surface area contributed by atoms with Crippen molar-refractivity contribution in [3.05, 3.63) is 41.3 Å². The van der Waals surface area contributed by atoms with Crippen molar-refractivity contribution in [1.82, 2.24) is 15.2 Å². The Labute approximate surface area is 117 Å². The van der Waals surface area contributed by atoms with Gasteiger partial charge in [-0.25, -0.2) is 0 Å². The Bertz CT molecular complexity index is 628. The van der Waals surface area contributed by atoms with Gasteiger partial charge in [0.2, 0.25) is 0 Å². The first-order chi connectivity index (χ1) is 9.63. The largest absolute Gasteiger partial charge is 0.305 e. The van der Waals surface area contributed by atoms with Crippen molar-refractivity contribution in [3.63, 3.8) is 0 Å². The van der Waals surface area contributed by atoms with Crippen LogP contribution in [-0.2, 0) is 0 Å². The smallest absolute Gasteiger partial charge is 0.256 e. The van der Waals surface area contributed by atoms with Gasteiger partial charge in [-0.3, -0.25) is 14.9 Å². The van der Waals surface area contributed by atoms with E-state index in [1.165, 1.54) is 12.8 Å². The predicted octanol–water partition coefficient (Wildman–Crippen LogP) is 3.06. The topological polar surface area (TPSA) is 70.7 Å². The van der Waals surface area contributed by atoms with E-state index in [0.29, 0.717) is 23.2 Å². The minimum atomic E-state index is -0.142. The van der Waals surface area contributed by atoms with Gasteiger partial charge >= 0.3 is 0 Å². The first-order valence-electron chi connectivity index (χ1n) is 6.96. The van der Waals surface area contributed by atoms with Crippen LogP contribution in [0.15, 0.2) is 24.4 Å². The number of carbonyl (C=O) groups is 1. The van der Waals surface area contributed by atoms with E-state index in [1.54, 1.807) is 12.3 Å². The zero-order chi connectivity index (χ0) is 14.1. The fraction of sp³-hybridized carbons (Fsp3) is 0.400. The average Bonchev–Trinajstić information content (AvgIpc) is 3.19. The Morgan fingerprint density at radius 3 is 2.85 bits per heavy atom. The summed E-state index contributed by atoms with van der Waals surface area (Å²) in [4.78, 5) is 16.5. The predicted molar refractivity (Wildman–Crippen MR) is 76.8 cm³/mol. The highest BCUT2D eigenvalue weighted by Crippen LogP contribution is 2.38. The number of aromatic nitrogens is 3. The lowest BCUT2D eigenvalue weighted by Gasteiger charge is -2.03. The molecular weight excluding hydrogens is 252 g/mol. The van der Waals surface area contributed by atoms with Crippen LogP contribution < -0.4 is 5.32 Å². The molecular formula is C15H18N4O. The second-order valence-electron chi connectivity index (χ2n) is 5.56. The third-order valence-electron chi connectivity index (χ3n) is 3.50. The van der Waals surface area contributed by atoms with E-state index in [2.05, 4.69) is 34.3 Å². The molecule has 3 rings (SSSR count). The molecule has 1 aliphatic carbocycles. The molecule has 20 heavy (non-hydrogen) atoms. The number of aromatic amines is 1. The molecule has 0 aliphatic heterocycles. The molecule has 0 radical (unpaired) electrons. The number of hydrogen-bond acceptors (Lipinski definition) is 3. The van der Waals surface area contributed by atoms with E-state index < -0.39 is 0 Å². The Hall–Kier alpha value is -2.17. The minimum absolute atomic E-state index is 0.142. The van der Waals surface area contributed by atoms with E-state index in [9.17, 15) is 4.79 Å². The second kappa shape index (κ2) is 5.07. The summed E-state index contributed by atoms with van der Waals surface area (Å²) in [5.74, 6) is 1.32. The number of rotatable bonds is 4. The first-order valence-corrected chi connectivity index (χ1v) is 6.96. The maximum Gasteiger partial charge on any atom is 0.256 e. The quantitative estimate of drug-likeness (QED) is 0.897. The number of amides is 1. The van der Waals surface area contributed by atoms with E-state index in [1.807, 2.05) is 12.1 Å². The van der Waals surface area contributed by atoms with Crippen molar-refractivity contribution in [2.75, 3.05) is 5.32 Å². The van der Waals surface area contributed by atoms with Gasteiger partial charge in [0.05, 0.1) is 0 Å². The highest BCUT2D eigenvalue weighted by Gasteiger charge is 2.25. The van der Waals surface area contributed by atoms with Crippen LogP contribution in [0.3, 0.4) is 0 Å². The van der Waals surface area contributed by atoms with Gasteiger partial charge in [0.1, 0.15) is 0 Å². The summed E-state index contributed by atoms with van der Waals surface area (Å²) in [5.41, 5.74) is 2.66. The van der Waals surface area contributed by atoms with Gasteiger partial charge in [0.25, 0.3) is 5.91 Å². The molecule has 2 aromatic heterocycles. The molecule has 0 bridgehead atoms. The number of nitrogens with zero attached hydrogens (tertiary/aromatic N) is 2. The Balaban J connectivity index is 1.73. The van der Waals surface area contributed by atoms with Crippen LogP contribution in [0.25, 0.3) is 0 Å². The number of carbonyl (C=O) groups excluding carboxylic acids is 1. The zero-order valence-electron chi connectivity index (χ0n) is 11.7. The number of hydrogen-bond donors (Lipinski definition) is 2. The van der Waals surface area contributed by atoms with Gasteiger partial charge in [-0.1, -0.05) is 13.8 Å². The highest BCUT2D eigenvalue weighted by atomic mass is 16.1. The van der Waals surface area contributed by atoms with Gasteiger partial charge in [-0.2, -0.15) is 5.10 Å². The molecule has 0 spiro atoms. The average molecular weight is 270 g/mol. The first kappa shape index (κ1) is 12.8. The lowest BCUT2D eigenvalue weighted by molar-refractivity contribution is 0.102. The molecule has 1 aliphatic rings. The van der Waals surface area contributed by atoms with E-state index in [-0.39, 0.29) is 5.91 Å². The Morgan fingerprint density at radius 1 is 1.40 bits per heavy atom. The summed E-state index contributed by atoms with van der Waals surface area (Å²) in [7, 11) is 0. The lowest BCUT2D eigenvalue weighted by atomic mass is 10.1. The summed E-state index contributed by atoms with van der Waals surface area (Å²) in [6.45, 7) is 4.15. The number of anilines is 1. The van der Waals surface area contributed by atoms with Crippen LogP contribution in [0.1, 0.15) is 60.3 Å². The van der Waals surface area contributed by atoms with Gasteiger partial charge in [0.15, 0.2) is 5.82 Å². The van der Waals surface area contributed by atoms with Crippen LogP contribution >= 0.6 is 0 Å². The van der Waals surface area contributed by atoms with Crippen molar-refractivity contribution >= 4 is 11.7 Å². The molecule has 1 amide bonds. The number of H-pyrrole nitrogens is 1. The second-order valence-corrected chi connectivity index (χ2v) is 5.56. The van der Waals surface area contributed by atoms with Gasteiger partial charge in [0, 0.05) is 35.1 Å². The fourth-order valence-electron chi connectivity index (χ4n) is 2.08. The van der Waals surface area contributed by atoms with Gasteiger partial charge in [-0.15, -0.1) is 0 Å². The monoisotopic (exact) mass is 270 g/mol. The van der Waals surface area contributed by atoms with Crippen molar-refractivity contribution in [2.45, 2.75) is 38.5 Å². The van der Waals surface area contributed by atoms with Crippen LogP contribution in [0.4, 0.5) is 5.82 Å². The summed E-state index contributed by atoms with van der Waals surface area (Å²) in [6.07, 6.45) is 4.05. The SMILES string of the molecule is CC(C)c1cc(NC(=O)c2ccnc(C3CC3)c2)n[nH]1. The number of pyridine rings is 1. The molecule has 1 saturated carbocycles. The summed E-state index contributed by atoms with van der Waals surface area (Å²) >= 11 is 0. The van der Waals surface area contributed by atoms with E-state index in [4.69, 9.17) is 0 Å². The van der Waals surface area contributed by atoms with Gasteiger partial charge < -0.3 is 5.32 Å². The van der Waals surface area contributed by atoms with Crippen LogP contribution in [-0.4, -0.2) is 21.1 Å². The van der Waals surface area contributed by atoms with Crippen LogP contribution in [0.2, 0.25) is 0 Å². The third kappa shape index (κ3) is 2.71.